The number of rotatable bonds is 18. The van der Waals surface area contributed by atoms with E-state index in [9.17, 15) is 15.0 Å². The molecule has 0 fully saturated rings. The van der Waals surface area contributed by atoms with Gasteiger partial charge in [-0.2, -0.15) is 0 Å². The Morgan fingerprint density at radius 2 is 1.08 bits per heavy atom. The molecule has 0 unspecified atom stereocenters. The van der Waals surface area contributed by atoms with Gasteiger partial charge in [-0.15, -0.1) is 0 Å². The number of esters is 1. The molecule has 150 valence electrons. The van der Waals surface area contributed by atoms with Crippen molar-refractivity contribution in [3.05, 3.63) is 0 Å². The monoisotopic (exact) mass is 358 g/mol. The van der Waals surface area contributed by atoms with Crippen LogP contribution in [0.25, 0.3) is 0 Å². The molecule has 0 aliphatic rings. The summed E-state index contributed by atoms with van der Waals surface area (Å²) in [5.41, 5.74) is 0. The topological polar surface area (TPSA) is 66.8 Å². The summed E-state index contributed by atoms with van der Waals surface area (Å²) < 4.78 is 4.41. The van der Waals surface area contributed by atoms with E-state index in [2.05, 4.69) is 11.7 Å². The lowest BCUT2D eigenvalue weighted by Gasteiger charge is -2.15. The minimum atomic E-state index is -1.41. The summed E-state index contributed by atoms with van der Waals surface area (Å²) in [7, 11) is 1.21. The average molecular weight is 359 g/mol. The number of ether oxygens (including phenoxy) is 1. The maximum Gasteiger partial charge on any atom is 0.337 e. The molecule has 0 aliphatic carbocycles. The van der Waals surface area contributed by atoms with Crippen LogP contribution in [0, 0.1) is 0 Å². The molecule has 0 spiro atoms. The van der Waals surface area contributed by atoms with Crippen molar-refractivity contribution in [2.75, 3.05) is 7.11 Å². The molecule has 0 saturated heterocycles. The van der Waals surface area contributed by atoms with Gasteiger partial charge in [-0.05, 0) is 6.42 Å². The molecule has 0 rings (SSSR count). The number of carbonyl (C=O) groups excluding carboxylic acids is 1. The van der Waals surface area contributed by atoms with Gasteiger partial charge in [0.1, 0.15) is 0 Å². The Morgan fingerprint density at radius 3 is 1.44 bits per heavy atom. The Hall–Kier alpha value is -0.610. The molecule has 0 amide bonds. The molecular weight excluding hydrogens is 316 g/mol. The molecule has 0 aromatic rings. The van der Waals surface area contributed by atoms with E-state index in [0.29, 0.717) is 6.42 Å². The zero-order chi connectivity index (χ0) is 18.8. The van der Waals surface area contributed by atoms with Crippen molar-refractivity contribution in [2.45, 2.75) is 122 Å². The smallest absolute Gasteiger partial charge is 0.337 e. The van der Waals surface area contributed by atoms with E-state index < -0.39 is 18.2 Å². The van der Waals surface area contributed by atoms with Gasteiger partial charge in [0.05, 0.1) is 13.2 Å². The van der Waals surface area contributed by atoms with E-state index in [0.717, 1.165) is 12.8 Å². The number of hydrogen-bond donors (Lipinski definition) is 2. The first-order valence-corrected chi connectivity index (χ1v) is 10.6. The van der Waals surface area contributed by atoms with Gasteiger partial charge in [0.15, 0.2) is 6.10 Å². The van der Waals surface area contributed by atoms with Crippen LogP contribution in [-0.4, -0.2) is 35.5 Å². The lowest BCUT2D eigenvalue weighted by Crippen LogP contribution is -2.34. The molecule has 25 heavy (non-hydrogen) atoms. The van der Waals surface area contributed by atoms with Crippen LogP contribution in [0.3, 0.4) is 0 Å². The third kappa shape index (κ3) is 15.4. The molecule has 0 aliphatic heterocycles. The van der Waals surface area contributed by atoms with Gasteiger partial charge >= 0.3 is 5.97 Å². The minimum Gasteiger partial charge on any atom is -0.467 e. The second kappa shape index (κ2) is 18.2. The van der Waals surface area contributed by atoms with Crippen molar-refractivity contribution in [3.63, 3.8) is 0 Å². The fraction of sp³-hybridized carbons (Fsp3) is 0.952. The first-order valence-electron chi connectivity index (χ1n) is 10.6. The number of aliphatic hydroxyl groups is 2. The maximum absolute atomic E-state index is 11.1. The summed E-state index contributed by atoms with van der Waals surface area (Å²) in [5, 5.41) is 19.1. The molecule has 4 heteroatoms. The second-order valence-electron chi connectivity index (χ2n) is 7.27. The highest BCUT2D eigenvalue weighted by atomic mass is 16.5. The summed E-state index contributed by atoms with van der Waals surface area (Å²) in [4.78, 5) is 11.1. The summed E-state index contributed by atoms with van der Waals surface area (Å²) in [6, 6.07) is 0. The fourth-order valence-corrected chi connectivity index (χ4v) is 3.16. The molecule has 2 N–H and O–H groups in total. The lowest BCUT2D eigenvalue weighted by atomic mass is 10.0. The van der Waals surface area contributed by atoms with Crippen molar-refractivity contribution < 1.29 is 19.7 Å². The SMILES string of the molecule is CCCCCCCCCCCCCCCCC[C@H](O)[C@@H](O)C(=O)OC. The van der Waals surface area contributed by atoms with E-state index in [4.69, 9.17) is 0 Å². The Kier molecular flexibility index (Phi) is 17.7. The number of methoxy groups -OCH3 is 1. The summed E-state index contributed by atoms with van der Waals surface area (Å²) in [6.07, 6.45) is 17.5. The molecule has 0 radical (unpaired) electrons. The van der Waals surface area contributed by atoms with E-state index in [-0.39, 0.29) is 0 Å². The van der Waals surface area contributed by atoms with Gasteiger partial charge in [-0.25, -0.2) is 4.79 Å². The predicted molar refractivity (Wildman–Crippen MR) is 104 cm³/mol. The van der Waals surface area contributed by atoms with Gasteiger partial charge in [0.25, 0.3) is 0 Å². The van der Waals surface area contributed by atoms with E-state index in [1.54, 1.807) is 0 Å². The molecule has 0 bridgehead atoms. The van der Waals surface area contributed by atoms with Crippen LogP contribution in [-0.2, 0) is 9.53 Å². The lowest BCUT2D eigenvalue weighted by molar-refractivity contribution is -0.156. The van der Waals surface area contributed by atoms with Gasteiger partial charge in [-0.1, -0.05) is 103 Å². The van der Waals surface area contributed by atoms with Crippen molar-refractivity contribution in [1.29, 1.82) is 0 Å². The standard InChI is InChI=1S/C21H42O4/c1-3-4-5-6-7-8-9-10-11-12-13-14-15-16-17-18-19(22)20(23)21(24)25-2/h19-20,22-23H,3-18H2,1-2H3/t19-,20+/m0/s1. The van der Waals surface area contributed by atoms with Crippen LogP contribution in [0.5, 0.6) is 0 Å². The van der Waals surface area contributed by atoms with Crippen molar-refractivity contribution in [2.24, 2.45) is 0 Å². The molecular formula is C21H42O4. The Labute approximate surface area is 155 Å². The number of hydrogen-bond acceptors (Lipinski definition) is 4. The zero-order valence-corrected chi connectivity index (χ0v) is 16.7. The Morgan fingerprint density at radius 1 is 0.720 bits per heavy atom. The molecule has 0 heterocycles. The zero-order valence-electron chi connectivity index (χ0n) is 16.7. The normalized spacial score (nSPS) is 13.6. The summed E-state index contributed by atoms with van der Waals surface area (Å²) in [6.45, 7) is 2.26. The summed E-state index contributed by atoms with van der Waals surface area (Å²) >= 11 is 0. The Balaban J connectivity index is 3.22. The van der Waals surface area contributed by atoms with E-state index in [1.165, 1.54) is 90.6 Å². The molecule has 4 nitrogen and oxygen atoms in total. The summed E-state index contributed by atoms with van der Waals surface area (Å²) in [5.74, 6) is -0.756. The molecule has 2 atom stereocenters. The first-order chi connectivity index (χ1) is 12.1. The van der Waals surface area contributed by atoms with Crippen LogP contribution in [0.15, 0.2) is 0 Å². The third-order valence-electron chi connectivity index (χ3n) is 4.91. The number of aliphatic hydroxyl groups excluding tert-OH is 2. The van der Waals surface area contributed by atoms with Gasteiger partial charge in [0.2, 0.25) is 0 Å². The van der Waals surface area contributed by atoms with Crippen molar-refractivity contribution in [1.82, 2.24) is 0 Å². The predicted octanol–water partition coefficient (Wildman–Crippen LogP) is 5.14. The van der Waals surface area contributed by atoms with Crippen LogP contribution in [0.1, 0.15) is 110 Å². The highest BCUT2D eigenvalue weighted by Crippen LogP contribution is 2.14. The largest absolute Gasteiger partial charge is 0.467 e. The van der Waals surface area contributed by atoms with E-state index >= 15 is 0 Å². The molecule has 0 aromatic carbocycles. The fourth-order valence-electron chi connectivity index (χ4n) is 3.16. The van der Waals surface area contributed by atoms with Gasteiger partial charge in [0, 0.05) is 0 Å². The highest BCUT2D eigenvalue weighted by molar-refractivity contribution is 5.74. The molecule has 0 aromatic heterocycles. The van der Waals surface area contributed by atoms with Crippen LogP contribution in [0.2, 0.25) is 0 Å². The first kappa shape index (κ1) is 24.4. The van der Waals surface area contributed by atoms with Gasteiger partial charge in [-0.3, -0.25) is 0 Å². The Bertz CT molecular complexity index is 294. The minimum absolute atomic E-state index is 0.453. The quantitative estimate of drug-likeness (QED) is 0.263. The highest BCUT2D eigenvalue weighted by Gasteiger charge is 2.24. The van der Waals surface area contributed by atoms with Crippen LogP contribution < -0.4 is 0 Å². The second-order valence-corrected chi connectivity index (χ2v) is 7.27. The number of carbonyl (C=O) groups is 1. The average Bonchev–Trinajstić information content (AvgIpc) is 2.63. The molecule has 0 saturated carbocycles. The van der Waals surface area contributed by atoms with Gasteiger partial charge < -0.3 is 14.9 Å². The van der Waals surface area contributed by atoms with E-state index in [1.807, 2.05) is 0 Å². The van der Waals surface area contributed by atoms with Crippen LogP contribution >= 0.6 is 0 Å². The third-order valence-corrected chi connectivity index (χ3v) is 4.91. The van der Waals surface area contributed by atoms with Crippen molar-refractivity contribution >= 4 is 5.97 Å². The maximum atomic E-state index is 11.1. The van der Waals surface area contributed by atoms with Crippen molar-refractivity contribution in [3.8, 4) is 0 Å². The van der Waals surface area contributed by atoms with Crippen LogP contribution in [0.4, 0.5) is 0 Å². The number of unbranched alkanes of at least 4 members (excludes halogenated alkanes) is 14.